The molecule has 2 nitrogen and oxygen atoms in total. The molecule has 0 spiro atoms. The van der Waals surface area contributed by atoms with Crippen LogP contribution in [0.3, 0.4) is 0 Å². The van der Waals surface area contributed by atoms with Gasteiger partial charge in [0.1, 0.15) is 0 Å². The molecule has 0 aliphatic heterocycles. The first kappa shape index (κ1) is 13.0. The van der Waals surface area contributed by atoms with Crippen molar-refractivity contribution in [2.24, 2.45) is 17.3 Å². The van der Waals surface area contributed by atoms with Gasteiger partial charge in [0.25, 0.3) is 0 Å². The first-order valence-corrected chi connectivity index (χ1v) is 5.88. The highest BCUT2D eigenvalue weighted by Crippen LogP contribution is 2.57. The molecule has 15 heavy (non-hydrogen) atoms. The van der Waals surface area contributed by atoms with Crippen LogP contribution in [0.25, 0.3) is 0 Å². The van der Waals surface area contributed by atoms with E-state index in [2.05, 4.69) is 13.8 Å². The van der Waals surface area contributed by atoms with Crippen molar-refractivity contribution in [1.29, 1.82) is 0 Å². The Morgan fingerprint density at radius 3 is 1.87 bits per heavy atom. The third-order valence-electron chi connectivity index (χ3n) is 3.86. The van der Waals surface area contributed by atoms with Gasteiger partial charge in [-0.2, -0.15) is 0 Å². The van der Waals surface area contributed by atoms with Gasteiger partial charge in [0.05, 0.1) is 11.2 Å². The van der Waals surface area contributed by atoms with Crippen LogP contribution in [0.15, 0.2) is 0 Å². The van der Waals surface area contributed by atoms with Crippen molar-refractivity contribution in [2.75, 3.05) is 0 Å². The highest BCUT2D eigenvalue weighted by molar-refractivity contribution is 5.03. The van der Waals surface area contributed by atoms with Gasteiger partial charge >= 0.3 is 0 Å². The van der Waals surface area contributed by atoms with Gasteiger partial charge in [-0.1, -0.05) is 13.8 Å². The van der Waals surface area contributed by atoms with E-state index in [1.54, 1.807) is 0 Å². The summed E-state index contributed by atoms with van der Waals surface area (Å²) in [7, 11) is 0. The number of rotatable bonds is 3. The molecule has 1 fully saturated rings. The zero-order valence-corrected chi connectivity index (χ0v) is 11.0. The summed E-state index contributed by atoms with van der Waals surface area (Å²) in [5.74, 6) is 0.733. The SMILES string of the molecule is CC(C)(O)C[C@@H]1[C@@H](C(C)(C)O)CC1(C)C. The molecule has 1 saturated carbocycles. The standard InChI is InChI=1S/C13H26O2/c1-11(2)7-10(13(5,6)15)9(11)8-12(3,4)14/h9-10,14-15H,7-8H2,1-6H3/t9-,10+/m1/s1. The topological polar surface area (TPSA) is 40.5 Å². The third kappa shape index (κ3) is 2.94. The van der Waals surface area contributed by atoms with Gasteiger partial charge in [-0.05, 0) is 57.8 Å². The number of aliphatic hydroxyl groups is 2. The zero-order valence-electron chi connectivity index (χ0n) is 11.0. The maximum absolute atomic E-state index is 10.1. The second kappa shape index (κ2) is 3.46. The molecule has 0 unspecified atom stereocenters. The molecule has 2 N–H and O–H groups in total. The fourth-order valence-corrected chi connectivity index (χ4v) is 2.94. The first-order valence-electron chi connectivity index (χ1n) is 5.88. The molecule has 1 aliphatic carbocycles. The van der Waals surface area contributed by atoms with Gasteiger partial charge < -0.3 is 10.2 Å². The maximum atomic E-state index is 10.1. The van der Waals surface area contributed by atoms with E-state index in [0.717, 1.165) is 12.8 Å². The monoisotopic (exact) mass is 214 g/mol. The predicted molar refractivity (Wildman–Crippen MR) is 62.6 cm³/mol. The average Bonchev–Trinajstić information content (AvgIpc) is 1.93. The molecular formula is C13H26O2. The van der Waals surface area contributed by atoms with Crippen molar-refractivity contribution >= 4 is 0 Å². The van der Waals surface area contributed by atoms with Crippen LogP contribution in [-0.2, 0) is 0 Å². The van der Waals surface area contributed by atoms with E-state index in [4.69, 9.17) is 0 Å². The lowest BCUT2D eigenvalue weighted by atomic mass is 9.49. The Labute approximate surface area is 93.7 Å². The van der Waals surface area contributed by atoms with Crippen molar-refractivity contribution in [3.63, 3.8) is 0 Å². The van der Waals surface area contributed by atoms with Crippen molar-refractivity contribution in [3.05, 3.63) is 0 Å². The van der Waals surface area contributed by atoms with E-state index in [-0.39, 0.29) is 5.41 Å². The van der Waals surface area contributed by atoms with Crippen LogP contribution in [0, 0.1) is 17.3 Å². The molecule has 0 bridgehead atoms. The second-order valence-corrected chi connectivity index (χ2v) is 7.08. The Balaban J connectivity index is 2.73. The Morgan fingerprint density at radius 2 is 1.60 bits per heavy atom. The molecule has 1 rings (SSSR count). The van der Waals surface area contributed by atoms with Crippen molar-refractivity contribution < 1.29 is 10.2 Å². The summed E-state index contributed by atoms with van der Waals surface area (Å²) < 4.78 is 0. The van der Waals surface area contributed by atoms with E-state index in [0.29, 0.717) is 11.8 Å². The third-order valence-corrected chi connectivity index (χ3v) is 3.86. The van der Waals surface area contributed by atoms with Crippen LogP contribution in [0.5, 0.6) is 0 Å². The lowest BCUT2D eigenvalue weighted by Gasteiger charge is -2.57. The van der Waals surface area contributed by atoms with Gasteiger partial charge in [0, 0.05) is 0 Å². The van der Waals surface area contributed by atoms with E-state index in [1.165, 1.54) is 0 Å². The molecular weight excluding hydrogens is 188 g/mol. The van der Waals surface area contributed by atoms with Crippen LogP contribution in [0.2, 0.25) is 0 Å². The van der Waals surface area contributed by atoms with Crippen molar-refractivity contribution in [2.45, 2.75) is 65.6 Å². The Hall–Kier alpha value is -0.0800. The van der Waals surface area contributed by atoms with E-state index < -0.39 is 11.2 Å². The Morgan fingerprint density at radius 1 is 1.13 bits per heavy atom. The second-order valence-electron chi connectivity index (χ2n) is 7.08. The van der Waals surface area contributed by atoms with Gasteiger partial charge in [-0.25, -0.2) is 0 Å². The molecule has 0 amide bonds. The number of hydrogen-bond acceptors (Lipinski definition) is 2. The lowest BCUT2D eigenvalue weighted by molar-refractivity contribution is -0.149. The fourth-order valence-electron chi connectivity index (χ4n) is 2.94. The predicted octanol–water partition coefficient (Wildman–Crippen LogP) is 2.58. The van der Waals surface area contributed by atoms with Crippen LogP contribution in [-0.4, -0.2) is 21.4 Å². The molecule has 2 heteroatoms. The highest BCUT2D eigenvalue weighted by atomic mass is 16.3. The minimum atomic E-state index is -0.633. The normalized spacial score (nSPS) is 31.2. The first-order chi connectivity index (χ1) is 6.43. The van der Waals surface area contributed by atoms with Gasteiger partial charge in [-0.15, -0.1) is 0 Å². The summed E-state index contributed by atoms with van der Waals surface area (Å²) in [5, 5.41) is 19.9. The largest absolute Gasteiger partial charge is 0.390 e. The Kier molecular flexibility index (Phi) is 2.99. The highest BCUT2D eigenvalue weighted by Gasteiger charge is 2.53. The number of hydrogen-bond donors (Lipinski definition) is 2. The van der Waals surface area contributed by atoms with Crippen LogP contribution in [0.4, 0.5) is 0 Å². The lowest BCUT2D eigenvalue weighted by Crippen LogP contribution is -2.55. The van der Waals surface area contributed by atoms with Gasteiger partial charge in [0.2, 0.25) is 0 Å². The molecule has 90 valence electrons. The smallest absolute Gasteiger partial charge is 0.0622 e. The summed E-state index contributed by atoms with van der Waals surface area (Å²) >= 11 is 0. The summed E-state index contributed by atoms with van der Waals surface area (Å²) in [6.45, 7) is 11.9. The van der Waals surface area contributed by atoms with Gasteiger partial charge in [-0.3, -0.25) is 0 Å². The van der Waals surface area contributed by atoms with Gasteiger partial charge in [0.15, 0.2) is 0 Å². The summed E-state index contributed by atoms with van der Waals surface area (Å²) in [4.78, 5) is 0. The van der Waals surface area contributed by atoms with E-state index in [1.807, 2.05) is 27.7 Å². The van der Waals surface area contributed by atoms with Crippen molar-refractivity contribution in [3.8, 4) is 0 Å². The molecule has 0 radical (unpaired) electrons. The van der Waals surface area contributed by atoms with E-state index >= 15 is 0 Å². The van der Waals surface area contributed by atoms with Crippen LogP contribution in [0.1, 0.15) is 54.4 Å². The quantitative estimate of drug-likeness (QED) is 0.758. The summed E-state index contributed by atoms with van der Waals surface area (Å²) in [5.41, 5.74) is -0.998. The van der Waals surface area contributed by atoms with Crippen molar-refractivity contribution in [1.82, 2.24) is 0 Å². The maximum Gasteiger partial charge on any atom is 0.0622 e. The fraction of sp³-hybridized carbons (Fsp3) is 1.00. The van der Waals surface area contributed by atoms with Crippen LogP contribution >= 0.6 is 0 Å². The average molecular weight is 214 g/mol. The molecule has 0 aromatic heterocycles. The molecule has 0 aromatic carbocycles. The molecule has 0 heterocycles. The summed E-state index contributed by atoms with van der Waals surface area (Å²) in [6, 6.07) is 0. The molecule has 0 aromatic rings. The Bertz CT molecular complexity index is 230. The molecule has 2 atom stereocenters. The summed E-state index contributed by atoms with van der Waals surface area (Å²) in [6.07, 6.45) is 1.83. The van der Waals surface area contributed by atoms with Crippen LogP contribution < -0.4 is 0 Å². The molecule has 0 saturated heterocycles. The minimum absolute atomic E-state index is 0.255. The minimum Gasteiger partial charge on any atom is -0.390 e. The molecule has 1 aliphatic rings. The van der Waals surface area contributed by atoms with E-state index in [9.17, 15) is 10.2 Å². The zero-order chi connectivity index (χ0) is 12.1.